The van der Waals surface area contributed by atoms with Gasteiger partial charge in [-0.3, -0.25) is 4.79 Å². The van der Waals surface area contributed by atoms with Gasteiger partial charge in [-0.15, -0.1) is 11.6 Å². The maximum Gasteiger partial charge on any atom is 0.253 e. The van der Waals surface area contributed by atoms with E-state index >= 15 is 0 Å². The molecule has 0 atom stereocenters. The molecule has 0 saturated carbocycles. The highest BCUT2D eigenvalue weighted by molar-refractivity contribution is 6.17. The molecule has 0 bridgehead atoms. The number of alkyl halides is 1. The Morgan fingerprint density at radius 2 is 2.21 bits per heavy atom. The van der Waals surface area contributed by atoms with Crippen molar-refractivity contribution in [2.75, 3.05) is 25.6 Å². The molecule has 0 radical (unpaired) electrons. The lowest BCUT2D eigenvalue weighted by atomic mass is 10.1. The number of carbonyl (C=O) groups is 1. The highest BCUT2D eigenvalue weighted by Gasteiger charge is 2.12. The second kappa shape index (κ2) is 8.82. The predicted octanol–water partition coefficient (Wildman–Crippen LogP) is 1.72. The molecule has 1 aromatic heterocycles. The average Bonchev–Trinajstić information content (AvgIpc) is 2.42. The Kier molecular flexibility index (Phi) is 7.36. The molecule has 1 aromatic rings. The summed E-state index contributed by atoms with van der Waals surface area (Å²) in [6.07, 6.45) is 1.45. The van der Waals surface area contributed by atoms with E-state index in [1.165, 1.54) is 0 Å². The van der Waals surface area contributed by atoms with E-state index < -0.39 is 0 Å². The minimum atomic E-state index is -0.104. The van der Waals surface area contributed by atoms with E-state index in [0.29, 0.717) is 37.6 Å². The van der Waals surface area contributed by atoms with Gasteiger partial charge in [0.1, 0.15) is 0 Å². The van der Waals surface area contributed by atoms with Gasteiger partial charge in [-0.1, -0.05) is 6.92 Å². The normalized spacial score (nSPS) is 10.5. The molecule has 0 spiro atoms. The van der Waals surface area contributed by atoms with Gasteiger partial charge >= 0.3 is 0 Å². The molecule has 1 amide bonds. The van der Waals surface area contributed by atoms with Crippen LogP contribution in [-0.4, -0.2) is 41.7 Å². The van der Waals surface area contributed by atoms with E-state index in [-0.39, 0.29) is 5.91 Å². The predicted molar refractivity (Wildman–Crippen MR) is 74.6 cm³/mol. The summed E-state index contributed by atoms with van der Waals surface area (Å²) in [5.41, 5.74) is 2.07. The zero-order valence-electron chi connectivity index (χ0n) is 11.4. The van der Waals surface area contributed by atoms with E-state index in [1.807, 2.05) is 13.8 Å². The highest BCUT2D eigenvalue weighted by Crippen LogP contribution is 2.07. The van der Waals surface area contributed by atoms with E-state index in [0.717, 1.165) is 17.8 Å². The Hall–Kier alpha value is -1.20. The summed E-state index contributed by atoms with van der Waals surface area (Å²) in [5.74, 6) is 0.390. The second-order valence-electron chi connectivity index (χ2n) is 4.11. The van der Waals surface area contributed by atoms with Crippen LogP contribution in [0.4, 0.5) is 0 Å². The summed E-state index contributed by atoms with van der Waals surface area (Å²) < 4.78 is 5.23. The molecule has 5 nitrogen and oxygen atoms in total. The number of hydrogen-bond acceptors (Lipinski definition) is 4. The molecule has 1 N–H and O–H groups in total. The summed E-state index contributed by atoms with van der Waals surface area (Å²) >= 11 is 5.49. The Balaban J connectivity index is 2.43. The summed E-state index contributed by atoms with van der Waals surface area (Å²) in [6.45, 7) is 5.50. The van der Waals surface area contributed by atoms with Crippen LogP contribution in [0.5, 0.6) is 0 Å². The van der Waals surface area contributed by atoms with Gasteiger partial charge in [0, 0.05) is 19.0 Å². The maximum absolute atomic E-state index is 12.0. The molecular formula is C13H20ClN3O2. The smallest absolute Gasteiger partial charge is 0.253 e. The molecule has 0 aliphatic carbocycles. The van der Waals surface area contributed by atoms with Gasteiger partial charge in [0.15, 0.2) is 0 Å². The van der Waals surface area contributed by atoms with Crippen molar-refractivity contribution in [2.24, 2.45) is 0 Å². The number of nitrogens with zero attached hydrogens (tertiary/aromatic N) is 2. The third kappa shape index (κ3) is 5.53. The molecule has 19 heavy (non-hydrogen) atoms. The lowest BCUT2D eigenvalue weighted by molar-refractivity contribution is 0.0942. The maximum atomic E-state index is 12.0. The van der Waals surface area contributed by atoms with Crippen molar-refractivity contribution in [1.29, 1.82) is 0 Å². The largest absolute Gasteiger partial charge is 0.380 e. The number of nitrogens with one attached hydrogen (secondary N) is 1. The zero-order valence-corrected chi connectivity index (χ0v) is 12.2. The van der Waals surface area contributed by atoms with Crippen molar-refractivity contribution in [1.82, 2.24) is 15.5 Å². The van der Waals surface area contributed by atoms with Gasteiger partial charge in [0.05, 0.1) is 23.6 Å². The third-order valence-electron chi connectivity index (χ3n) is 2.54. The highest BCUT2D eigenvalue weighted by atomic mass is 35.5. The van der Waals surface area contributed by atoms with Gasteiger partial charge in [0.25, 0.3) is 5.91 Å². The first-order valence-corrected chi connectivity index (χ1v) is 6.97. The number of aryl methyl sites for hydroxylation is 2. The molecule has 0 aromatic carbocycles. The van der Waals surface area contributed by atoms with Crippen LogP contribution in [-0.2, 0) is 11.2 Å². The topological polar surface area (TPSA) is 64.1 Å². The van der Waals surface area contributed by atoms with E-state index in [9.17, 15) is 4.79 Å². The Labute approximate surface area is 118 Å². The fraction of sp³-hybridized carbons (Fsp3) is 0.615. The van der Waals surface area contributed by atoms with Crippen molar-refractivity contribution >= 4 is 17.5 Å². The van der Waals surface area contributed by atoms with Crippen LogP contribution in [0.15, 0.2) is 6.07 Å². The van der Waals surface area contributed by atoms with Crippen LogP contribution in [0, 0.1) is 6.92 Å². The summed E-state index contributed by atoms with van der Waals surface area (Å²) in [6, 6.07) is 1.77. The van der Waals surface area contributed by atoms with Crippen LogP contribution < -0.4 is 5.32 Å². The molecule has 1 rings (SSSR count). The first-order valence-electron chi connectivity index (χ1n) is 6.44. The van der Waals surface area contributed by atoms with Gasteiger partial charge in [-0.25, -0.2) is 0 Å². The number of rotatable bonds is 8. The molecule has 0 unspecified atom stereocenters. The molecule has 0 fully saturated rings. The first kappa shape index (κ1) is 15.9. The minimum Gasteiger partial charge on any atom is -0.380 e. The Bertz CT molecular complexity index is 413. The molecule has 0 saturated heterocycles. The number of amides is 1. The third-order valence-corrected chi connectivity index (χ3v) is 2.70. The number of halogens is 1. The van der Waals surface area contributed by atoms with Crippen molar-refractivity contribution in [3.05, 3.63) is 23.0 Å². The molecular weight excluding hydrogens is 266 g/mol. The summed E-state index contributed by atoms with van der Waals surface area (Å²) in [5, 5.41) is 10.9. The monoisotopic (exact) mass is 285 g/mol. The fourth-order valence-corrected chi connectivity index (χ4v) is 1.71. The second-order valence-corrected chi connectivity index (χ2v) is 4.49. The molecule has 1 heterocycles. The van der Waals surface area contributed by atoms with Gasteiger partial charge in [0.2, 0.25) is 0 Å². The van der Waals surface area contributed by atoms with Gasteiger partial charge in [-0.05, 0) is 25.8 Å². The quantitative estimate of drug-likeness (QED) is 0.583. The SMILES string of the molecule is CCc1nnc(C)cc1C(=O)NCCCOCCCl. The minimum absolute atomic E-state index is 0.104. The molecule has 0 aliphatic rings. The van der Waals surface area contributed by atoms with Crippen LogP contribution in [0.1, 0.15) is 35.1 Å². The van der Waals surface area contributed by atoms with Gasteiger partial charge < -0.3 is 10.1 Å². The Morgan fingerprint density at radius 3 is 2.89 bits per heavy atom. The van der Waals surface area contributed by atoms with E-state index in [1.54, 1.807) is 6.07 Å². The lowest BCUT2D eigenvalue weighted by Gasteiger charge is -2.08. The van der Waals surface area contributed by atoms with Crippen molar-refractivity contribution in [3.8, 4) is 0 Å². The van der Waals surface area contributed by atoms with Crippen molar-refractivity contribution in [3.63, 3.8) is 0 Å². The Morgan fingerprint density at radius 1 is 1.42 bits per heavy atom. The van der Waals surface area contributed by atoms with Gasteiger partial charge in [-0.2, -0.15) is 10.2 Å². The number of carbonyl (C=O) groups excluding carboxylic acids is 1. The lowest BCUT2D eigenvalue weighted by Crippen LogP contribution is -2.27. The van der Waals surface area contributed by atoms with Crippen molar-refractivity contribution in [2.45, 2.75) is 26.7 Å². The summed E-state index contributed by atoms with van der Waals surface area (Å²) in [4.78, 5) is 12.0. The van der Waals surface area contributed by atoms with E-state index in [4.69, 9.17) is 16.3 Å². The average molecular weight is 286 g/mol. The van der Waals surface area contributed by atoms with E-state index in [2.05, 4.69) is 15.5 Å². The summed E-state index contributed by atoms with van der Waals surface area (Å²) in [7, 11) is 0. The number of aromatic nitrogens is 2. The first-order chi connectivity index (χ1) is 9.19. The molecule has 6 heteroatoms. The van der Waals surface area contributed by atoms with Crippen molar-refractivity contribution < 1.29 is 9.53 Å². The zero-order chi connectivity index (χ0) is 14.1. The van der Waals surface area contributed by atoms with Crippen LogP contribution in [0.25, 0.3) is 0 Å². The number of hydrogen-bond donors (Lipinski definition) is 1. The van der Waals surface area contributed by atoms with Crippen LogP contribution in [0.2, 0.25) is 0 Å². The standard InChI is InChI=1S/C13H20ClN3O2/c1-3-12-11(9-10(2)16-17-12)13(18)15-6-4-7-19-8-5-14/h9H,3-8H2,1-2H3,(H,15,18). The fourth-order valence-electron chi connectivity index (χ4n) is 1.60. The van der Waals surface area contributed by atoms with Crippen LogP contribution >= 0.6 is 11.6 Å². The van der Waals surface area contributed by atoms with Crippen LogP contribution in [0.3, 0.4) is 0 Å². The molecule has 106 valence electrons. The molecule has 0 aliphatic heterocycles. The number of ether oxygens (including phenoxy) is 1.